The summed E-state index contributed by atoms with van der Waals surface area (Å²) in [5.41, 5.74) is 1.97. The molecule has 1 heterocycles. The number of nitrogens with one attached hydrogen (secondary N) is 1. The number of methoxy groups -OCH3 is 1. The summed E-state index contributed by atoms with van der Waals surface area (Å²) < 4.78 is 5.48. The van der Waals surface area contributed by atoms with Crippen LogP contribution < -0.4 is 5.32 Å². The van der Waals surface area contributed by atoms with Crippen LogP contribution in [0.2, 0.25) is 0 Å². The lowest BCUT2D eigenvalue weighted by Crippen LogP contribution is -2.50. The molecule has 0 aromatic heterocycles. The first-order chi connectivity index (χ1) is 9.23. The van der Waals surface area contributed by atoms with Crippen molar-refractivity contribution >= 4 is 0 Å². The molecule has 3 heteroatoms. The molecule has 1 fully saturated rings. The zero-order valence-corrected chi connectivity index (χ0v) is 11.6. The third-order valence-electron chi connectivity index (χ3n) is 4.70. The van der Waals surface area contributed by atoms with Crippen molar-refractivity contribution in [2.75, 3.05) is 13.7 Å². The molecule has 0 bridgehead atoms. The first kappa shape index (κ1) is 13.1. The highest BCUT2D eigenvalue weighted by molar-refractivity contribution is 5.34. The zero-order valence-electron chi connectivity index (χ0n) is 11.6. The van der Waals surface area contributed by atoms with E-state index < -0.39 is 5.60 Å². The predicted octanol–water partition coefficient (Wildman–Crippen LogP) is 2.19. The van der Waals surface area contributed by atoms with Gasteiger partial charge in [-0.1, -0.05) is 24.3 Å². The van der Waals surface area contributed by atoms with Gasteiger partial charge >= 0.3 is 0 Å². The minimum absolute atomic E-state index is 0.0513. The van der Waals surface area contributed by atoms with E-state index in [0.717, 1.165) is 38.6 Å². The Hall–Kier alpha value is -0.900. The molecular weight excluding hydrogens is 238 g/mol. The van der Waals surface area contributed by atoms with Crippen LogP contribution in [-0.2, 0) is 11.2 Å². The molecular formula is C16H23NO2. The summed E-state index contributed by atoms with van der Waals surface area (Å²) in [4.78, 5) is 0. The van der Waals surface area contributed by atoms with Crippen molar-refractivity contribution < 1.29 is 9.84 Å². The summed E-state index contributed by atoms with van der Waals surface area (Å²) in [6.07, 6.45) is 4.93. The topological polar surface area (TPSA) is 41.5 Å². The smallest absolute Gasteiger partial charge is 0.0866 e. The van der Waals surface area contributed by atoms with Crippen molar-refractivity contribution in [2.45, 2.75) is 49.9 Å². The Morgan fingerprint density at radius 1 is 1.37 bits per heavy atom. The fraction of sp³-hybridized carbons (Fsp3) is 0.625. The number of fused-ring (bicyclic) bond motifs is 1. The Labute approximate surface area is 115 Å². The number of hydrogen-bond acceptors (Lipinski definition) is 3. The van der Waals surface area contributed by atoms with Crippen LogP contribution in [-0.4, -0.2) is 30.5 Å². The average molecular weight is 261 g/mol. The molecule has 3 atom stereocenters. The Balaban J connectivity index is 1.89. The van der Waals surface area contributed by atoms with Gasteiger partial charge in [0.1, 0.15) is 0 Å². The van der Waals surface area contributed by atoms with Gasteiger partial charge in [-0.25, -0.2) is 0 Å². The normalized spacial score (nSPS) is 34.8. The molecule has 3 unspecified atom stereocenters. The number of benzene rings is 1. The second kappa shape index (κ2) is 5.23. The lowest BCUT2D eigenvalue weighted by molar-refractivity contribution is -0.0825. The van der Waals surface area contributed by atoms with Gasteiger partial charge in [-0.15, -0.1) is 0 Å². The molecule has 19 heavy (non-hydrogen) atoms. The lowest BCUT2D eigenvalue weighted by atomic mass is 9.73. The van der Waals surface area contributed by atoms with Crippen LogP contribution in [0.3, 0.4) is 0 Å². The standard InChI is InChI=1S/C16H23NO2/c1-19-13-6-4-9-16(18,11-13)15-14-7-3-2-5-12(14)8-10-17-15/h2-3,5,7,13,15,17-18H,4,6,8-11H2,1H3. The van der Waals surface area contributed by atoms with Gasteiger partial charge in [0.2, 0.25) is 0 Å². The SMILES string of the molecule is COC1CCCC(O)(C2NCCc3ccccc32)C1. The Morgan fingerprint density at radius 3 is 3.05 bits per heavy atom. The summed E-state index contributed by atoms with van der Waals surface area (Å²) in [5, 5.41) is 14.6. The van der Waals surface area contributed by atoms with Crippen LogP contribution in [0, 0.1) is 0 Å². The lowest BCUT2D eigenvalue weighted by Gasteiger charge is -2.44. The fourth-order valence-corrected chi connectivity index (χ4v) is 3.68. The molecule has 0 saturated heterocycles. The molecule has 1 aromatic rings. The second-order valence-corrected chi connectivity index (χ2v) is 5.89. The molecule has 0 radical (unpaired) electrons. The van der Waals surface area contributed by atoms with Crippen molar-refractivity contribution in [1.82, 2.24) is 5.32 Å². The van der Waals surface area contributed by atoms with Crippen molar-refractivity contribution in [2.24, 2.45) is 0 Å². The van der Waals surface area contributed by atoms with E-state index in [1.165, 1.54) is 11.1 Å². The first-order valence-corrected chi connectivity index (χ1v) is 7.29. The molecule has 0 spiro atoms. The van der Waals surface area contributed by atoms with Crippen LogP contribution in [0.5, 0.6) is 0 Å². The van der Waals surface area contributed by atoms with Crippen LogP contribution >= 0.6 is 0 Å². The summed E-state index contributed by atoms with van der Waals surface area (Å²) in [5.74, 6) is 0. The number of ether oxygens (including phenoxy) is 1. The largest absolute Gasteiger partial charge is 0.388 e. The molecule has 0 amide bonds. The number of aliphatic hydroxyl groups is 1. The van der Waals surface area contributed by atoms with E-state index in [1.807, 2.05) is 0 Å². The first-order valence-electron chi connectivity index (χ1n) is 7.29. The maximum Gasteiger partial charge on any atom is 0.0866 e. The Morgan fingerprint density at radius 2 is 2.21 bits per heavy atom. The second-order valence-electron chi connectivity index (χ2n) is 5.89. The molecule has 1 aliphatic carbocycles. The summed E-state index contributed by atoms with van der Waals surface area (Å²) in [6, 6.07) is 8.54. The van der Waals surface area contributed by atoms with Gasteiger partial charge in [0.05, 0.1) is 17.7 Å². The predicted molar refractivity (Wildman–Crippen MR) is 75.1 cm³/mol. The molecule has 3 nitrogen and oxygen atoms in total. The maximum absolute atomic E-state index is 11.1. The molecule has 3 rings (SSSR count). The van der Waals surface area contributed by atoms with Crippen molar-refractivity contribution in [3.8, 4) is 0 Å². The molecule has 104 valence electrons. The van der Waals surface area contributed by atoms with Crippen molar-refractivity contribution in [1.29, 1.82) is 0 Å². The molecule has 1 aromatic carbocycles. The van der Waals surface area contributed by atoms with Crippen molar-refractivity contribution in [3.05, 3.63) is 35.4 Å². The minimum Gasteiger partial charge on any atom is -0.388 e. The highest BCUT2D eigenvalue weighted by Gasteiger charge is 2.43. The summed E-state index contributed by atoms with van der Waals surface area (Å²) in [7, 11) is 1.75. The highest BCUT2D eigenvalue weighted by Crippen LogP contribution is 2.41. The number of rotatable bonds is 2. The molecule has 2 N–H and O–H groups in total. The van der Waals surface area contributed by atoms with Gasteiger partial charge in [0.25, 0.3) is 0 Å². The molecule has 1 aliphatic heterocycles. The average Bonchev–Trinajstić information content (AvgIpc) is 2.46. The minimum atomic E-state index is -0.671. The van der Waals surface area contributed by atoms with E-state index in [1.54, 1.807) is 7.11 Å². The van der Waals surface area contributed by atoms with Crippen LogP contribution in [0.15, 0.2) is 24.3 Å². The molecule has 1 saturated carbocycles. The monoisotopic (exact) mass is 261 g/mol. The van der Waals surface area contributed by atoms with Crippen LogP contribution in [0.4, 0.5) is 0 Å². The van der Waals surface area contributed by atoms with Crippen LogP contribution in [0.25, 0.3) is 0 Å². The third-order valence-corrected chi connectivity index (χ3v) is 4.70. The van der Waals surface area contributed by atoms with Gasteiger partial charge in [-0.3, -0.25) is 0 Å². The Kier molecular flexibility index (Phi) is 3.61. The van der Waals surface area contributed by atoms with E-state index in [4.69, 9.17) is 4.74 Å². The third kappa shape index (κ3) is 2.42. The van der Waals surface area contributed by atoms with Crippen molar-refractivity contribution in [3.63, 3.8) is 0 Å². The highest BCUT2D eigenvalue weighted by atomic mass is 16.5. The maximum atomic E-state index is 11.1. The van der Waals surface area contributed by atoms with E-state index in [0.29, 0.717) is 0 Å². The van der Waals surface area contributed by atoms with Gasteiger partial charge in [0.15, 0.2) is 0 Å². The molecule has 2 aliphatic rings. The van der Waals surface area contributed by atoms with E-state index in [9.17, 15) is 5.11 Å². The van der Waals surface area contributed by atoms with E-state index in [-0.39, 0.29) is 12.1 Å². The summed E-state index contributed by atoms with van der Waals surface area (Å²) in [6.45, 7) is 0.946. The Bertz CT molecular complexity index is 448. The van der Waals surface area contributed by atoms with Crippen LogP contribution in [0.1, 0.15) is 42.9 Å². The van der Waals surface area contributed by atoms with Gasteiger partial charge in [-0.2, -0.15) is 0 Å². The zero-order chi connectivity index (χ0) is 13.3. The van der Waals surface area contributed by atoms with Gasteiger partial charge in [0, 0.05) is 13.5 Å². The van der Waals surface area contributed by atoms with Gasteiger partial charge in [-0.05, 0) is 43.4 Å². The van der Waals surface area contributed by atoms with E-state index >= 15 is 0 Å². The summed E-state index contributed by atoms with van der Waals surface area (Å²) >= 11 is 0. The van der Waals surface area contributed by atoms with Gasteiger partial charge < -0.3 is 15.2 Å². The van der Waals surface area contributed by atoms with E-state index in [2.05, 4.69) is 29.6 Å². The number of hydrogen-bond donors (Lipinski definition) is 2. The quantitative estimate of drug-likeness (QED) is 0.857. The fourth-order valence-electron chi connectivity index (χ4n) is 3.68.